The minimum Gasteiger partial charge on any atom is -0.507 e. The van der Waals surface area contributed by atoms with Crippen LogP contribution in [0.25, 0.3) is 22.3 Å². The standard InChI is InChI=1S/C48H60O24/c1-21(9-10-48(62)45(2)14-23(51)15-46(48,3)66-18-45)11-30(53)64-19-47(61)20-65-44(41(47)60)72-40-36(58)33(55)29(17-50)70-43(40)71-39-34(56)31-26(52)12-25(63-4)13-27(31)68-38(39)22-5-7-24(8-6-22)67-42-37(59)35(57)32(54)28(16-49)69-42/h5-13,23,28-29,32-33,35-37,40-44,49-52,54-55,57-62H,14-20H2,1-4H3/b10-9+,21-11+/t23-,28+,29+,32+,33+,35-,36-,37+,40+,41-,42+,43-,44-,45+,46?,47+,48-/m0/s1. The molecule has 24 nitrogen and oxygen atoms in total. The Morgan fingerprint density at radius 2 is 1.49 bits per heavy atom. The Labute approximate surface area is 409 Å². The number of ether oxygens (including phenoxy) is 9. The van der Waals surface area contributed by atoms with Gasteiger partial charge in [-0.05, 0) is 56.2 Å². The van der Waals surface area contributed by atoms with Gasteiger partial charge in [0.25, 0.3) is 0 Å². The highest BCUT2D eigenvalue weighted by Gasteiger charge is 2.67. The molecular formula is C48H60O24. The summed E-state index contributed by atoms with van der Waals surface area (Å²) in [5.41, 5.74) is -6.45. The number of carbonyl (C=O) groups is 1. The predicted octanol–water partition coefficient (Wildman–Crippen LogP) is -2.27. The van der Waals surface area contributed by atoms with E-state index in [1.165, 1.54) is 49.6 Å². The summed E-state index contributed by atoms with van der Waals surface area (Å²) in [5.74, 6) is -2.47. The van der Waals surface area contributed by atoms with Gasteiger partial charge >= 0.3 is 5.97 Å². The van der Waals surface area contributed by atoms with Gasteiger partial charge in [0.2, 0.25) is 23.8 Å². The van der Waals surface area contributed by atoms with E-state index in [1.54, 1.807) is 20.8 Å². The maximum atomic E-state index is 14.4. The van der Waals surface area contributed by atoms with Crippen LogP contribution in [0.15, 0.2) is 69.4 Å². The molecule has 1 unspecified atom stereocenters. The van der Waals surface area contributed by atoms with Crippen molar-refractivity contribution < 1.29 is 113 Å². The van der Waals surface area contributed by atoms with Crippen molar-refractivity contribution in [3.8, 4) is 34.3 Å². The molecule has 17 atom stereocenters. The molecule has 72 heavy (non-hydrogen) atoms. The minimum absolute atomic E-state index is 0.0214. The normalized spacial score (nSPS) is 39.1. The maximum absolute atomic E-state index is 14.4. The molecule has 3 aromatic rings. The van der Waals surface area contributed by atoms with Crippen molar-refractivity contribution in [2.24, 2.45) is 5.41 Å². The number of fused-ring (bicyclic) bond motifs is 3. The number of methoxy groups -OCH3 is 1. The van der Waals surface area contributed by atoms with Crippen LogP contribution in [0.5, 0.6) is 23.0 Å². The molecule has 0 radical (unpaired) electrons. The van der Waals surface area contributed by atoms with Gasteiger partial charge in [-0.25, -0.2) is 4.79 Å². The number of hydrogen-bond acceptors (Lipinski definition) is 24. The fourth-order valence-corrected chi connectivity index (χ4v) is 9.87. The molecule has 1 aromatic heterocycles. The quantitative estimate of drug-likeness (QED) is 0.0434. The summed E-state index contributed by atoms with van der Waals surface area (Å²) in [5, 5.41) is 128. The van der Waals surface area contributed by atoms with Crippen LogP contribution in [0.4, 0.5) is 0 Å². The molecule has 2 aromatic carbocycles. The number of aliphatic hydroxyl groups is 11. The summed E-state index contributed by atoms with van der Waals surface area (Å²) < 4.78 is 57.1. The number of benzene rings is 2. The maximum Gasteiger partial charge on any atom is 0.331 e. The Balaban J connectivity index is 1.01. The van der Waals surface area contributed by atoms with Crippen molar-refractivity contribution in [3.05, 3.63) is 70.4 Å². The summed E-state index contributed by atoms with van der Waals surface area (Å²) in [6.45, 7) is 2.16. The van der Waals surface area contributed by atoms with Crippen molar-refractivity contribution in [3.63, 3.8) is 0 Å². The number of carbonyl (C=O) groups excluding carboxylic acids is 1. The second kappa shape index (κ2) is 20.5. The van der Waals surface area contributed by atoms with Crippen LogP contribution in [-0.4, -0.2) is 204 Å². The van der Waals surface area contributed by atoms with Crippen molar-refractivity contribution in [2.75, 3.05) is 40.1 Å². The molecule has 0 spiro atoms. The van der Waals surface area contributed by atoms with Crippen molar-refractivity contribution >= 4 is 16.9 Å². The van der Waals surface area contributed by atoms with Crippen molar-refractivity contribution in [1.82, 2.24) is 0 Å². The lowest BCUT2D eigenvalue weighted by Crippen LogP contribution is -2.62. The molecule has 4 saturated heterocycles. The largest absolute Gasteiger partial charge is 0.507 e. The van der Waals surface area contributed by atoms with Gasteiger partial charge in [0.05, 0.1) is 39.6 Å². The van der Waals surface area contributed by atoms with E-state index in [0.29, 0.717) is 12.0 Å². The second-order valence-electron chi connectivity index (χ2n) is 19.3. The zero-order valence-electron chi connectivity index (χ0n) is 39.4. The van der Waals surface area contributed by atoms with Crippen molar-refractivity contribution in [2.45, 2.75) is 130 Å². The molecule has 5 heterocycles. The minimum atomic E-state index is -2.32. The monoisotopic (exact) mass is 1020 g/mol. The van der Waals surface area contributed by atoms with Gasteiger partial charge in [0.1, 0.15) is 94.9 Å². The topological polar surface area (TPSA) is 373 Å². The van der Waals surface area contributed by atoms with Crippen LogP contribution in [-0.2, 0) is 33.2 Å². The zero-order valence-corrected chi connectivity index (χ0v) is 39.4. The first kappa shape index (κ1) is 53.5. The van der Waals surface area contributed by atoms with E-state index in [0.717, 1.165) is 12.1 Å². The van der Waals surface area contributed by atoms with Crippen LogP contribution in [0.1, 0.15) is 33.6 Å². The Kier molecular flexibility index (Phi) is 15.2. The van der Waals surface area contributed by atoms with Gasteiger partial charge in [-0.15, -0.1) is 0 Å². The van der Waals surface area contributed by atoms with E-state index >= 15 is 0 Å². The second-order valence-corrected chi connectivity index (χ2v) is 19.3. The zero-order chi connectivity index (χ0) is 52.2. The molecule has 396 valence electrons. The van der Waals surface area contributed by atoms with Crippen LogP contribution in [0.3, 0.4) is 0 Å². The number of allylic oxidation sites excluding steroid dienone is 2. The smallest absolute Gasteiger partial charge is 0.331 e. The Hall–Kier alpha value is -4.84. The number of phenolic OH excluding ortho intramolecular Hbond substituents is 1. The van der Waals surface area contributed by atoms with Gasteiger partial charge in [0.15, 0.2) is 23.8 Å². The number of aromatic hydroxyl groups is 1. The molecule has 5 fully saturated rings. The Morgan fingerprint density at radius 3 is 2.14 bits per heavy atom. The molecule has 0 amide bonds. The van der Waals surface area contributed by atoms with Gasteiger partial charge in [-0.2, -0.15) is 0 Å². The molecule has 12 N–H and O–H groups in total. The lowest BCUT2D eigenvalue weighted by molar-refractivity contribution is -0.319. The third-order valence-electron chi connectivity index (χ3n) is 14.2. The molecular weight excluding hydrogens is 961 g/mol. The highest BCUT2D eigenvalue weighted by molar-refractivity contribution is 5.88. The third-order valence-corrected chi connectivity index (χ3v) is 14.2. The SMILES string of the molecule is COc1cc(O)c2c(=O)c(O[C@@H]3O[C@H](CO)[C@@H](O)[C@H](O)[C@H]3O[C@@H]3OC[C@](O)(COC(=O)/C=C(C)/C=C/[C@@]4(O)C5(C)C[C@@H](O)C[C@]4(C)CO5)[C@H]3O)c(-c3ccc(O[C@@H]4O[C@H](CO)[C@@H](O)[C@H](O)[C@H]4O)cc3)oc2c1. The fraction of sp³-hybridized carbons (Fsp3) is 0.583. The van der Waals surface area contributed by atoms with Gasteiger partial charge in [-0.3, -0.25) is 4.79 Å². The van der Waals surface area contributed by atoms with Crippen molar-refractivity contribution in [1.29, 1.82) is 0 Å². The number of rotatable bonds is 15. The van der Waals surface area contributed by atoms with E-state index in [1.807, 2.05) is 0 Å². The van der Waals surface area contributed by atoms with Crippen LogP contribution in [0, 0.1) is 5.41 Å². The first-order valence-electron chi connectivity index (χ1n) is 23.0. The third kappa shape index (κ3) is 9.72. The molecule has 24 heteroatoms. The average molecular weight is 1020 g/mol. The summed E-state index contributed by atoms with van der Waals surface area (Å²) in [7, 11) is 1.30. The van der Waals surface area contributed by atoms with E-state index in [-0.39, 0.29) is 41.4 Å². The predicted molar refractivity (Wildman–Crippen MR) is 241 cm³/mol. The first-order valence-corrected chi connectivity index (χ1v) is 23.0. The molecule has 8 rings (SSSR count). The van der Waals surface area contributed by atoms with Gasteiger partial charge in [0, 0.05) is 35.6 Å². The van der Waals surface area contributed by atoms with Crippen LogP contribution >= 0.6 is 0 Å². The Bertz CT molecular complexity index is 2540. The summed E-state index contributed by atoms with van der Waals surface area (Å²) >= 11 is 0. The van der Waals surface area contributed by atoms with Gasteiger partial charge in [-0.1, -0.05) is 13.0 Å². The molecule has 1 saturated carbocycles. The molecule has 5 aliphatic rings. The number of aliphatic hydroxyl groups excluding tert-OH is 9. The summed E-state index contributed by atoms with van der Waals surface area (Å²) in [4.78, 5) is 27.4. The summed E-state index contributed by atoms with van der Waals surface area (Å²) in [6, 6.07) is 7.81. The van der Waals surface area contributed by atoms with Crippen LogP contribution < -0.4 is 19.6 Å². The number of esters is 1. The number of phenols is 1. The average Bonchev–Trinajstić information content (AvgIpc) is 3.66. The molecule has 1 aliphatic carbocycles. The molecule has 2 bridgehead atoms. The lowest BCUT2D eigenvalue weighted by Gasteiger charge is -2.49. The molecule has 4 aliphatic heterocycles. The van der Waals surface area contributed by atoms with E-state index in [9.17, 15) is 70.9 Å². The van der Waals surface area contributed by atoms with E-state index in [4.69, 9.17) is 47.0 Å². The first-order chi connectivity index (χ1) is 34.0. The van der Waals surface area contributed by atoms with Gasteiger partial charge < -0.3 is 108 Å². The number of hydrogen-bond donors (Lipinski definition) is 12. The highest BCUT2D eigenvalue weighted by atomic mass is 16.8. The van der Waals surface area contributed by atoms with E-state index in [2.05, 4.69) is 0 Å². The lowest BCUT2D eigenvalue weighted by atomic mass is 9.59. The van der Waals surface area contributed by atoms with Crippen LogP contribution in [0.2, 0.25) is 0 Å². The van der Waals surface area contributed by atoms with E-state index < -0.39 is 157 Å². The Morgan fingerprint density at radius 1 is 0.819 bits per heavy atom. The highest BCUT2D eigenvalue weighted by Crippen LogP contribution is 2.57. The summed E-state index contributed by atoms with van der Waals surface area (Å²) in [6.07, 6.45) is -17.2. The fourth-order valence-electron chi connectivity index (χ4n) is 9.87.